The maximum atomic E-state index is 5.58. The van der Waals surface area contributed by atoms with E-state index in [0.29, 0.717) is 0 Å². The Labute approximate surface area is 85.5 Å². The van der Waals surface area contributed by atoms with Crippen molar-refractivity contribution in [3.63, 3.8) is 0 Å². The van der Waals surface area contributed by atoms with Crippen molar-refractivity contribution >= 4 is 0 Å². The largest absolute Gasteiger partial charge is 0.271 e. The molecule has 1 atom stereocenters. The van der Waals surface area contributed by atoms with E-state index in [4.69, 9.17) is 5.84 Å². The van der Waals surface area contributed by atoms with Crippen molar-refractivity contribution in [3.8, 4) is 0 Å². The first-order valence-electron chi connectivity index (χ1n) is 4.98. The summed E-state index contributed by atoms with van der Waals surface area (Å²) in [5, 5.41) is 4.24. The molecular weight excluding hydrogens is 176 g/mol. The molecule has 1 heterocycles. The lowest BCUT2D eigenvalue weighted by molar-refractivity contribution is 0.261. The fourth-order valence-corrected chi connectivity index (χ4v) is 1.63. The first-order chi connectivity index (χ1) is 6.50. The van der Waals surface area contributed by atoms with E-state index < -0.39 is 0 Å². The Morgan fingerprint density at radius 1 is 1.57 bits per heavy atom. The second-order valence-corrected chi connectivity index (χ2v) is 4.54. The van der Waals surface area contributed by atoms with Crippen LogP contribution in [-0.2, 0) is 6.54 Å². The van der Waals surface area contributed by atoms with Crippen LogP contribution in [-0.4, -0.2) is 9.78 Å². The molecule has 0 fully saturated rings. The summed E-state index contributed by atoms with van der Waals surface area (Å²) in [6.45, 7) is 9.42. The number of aromatic nitrogens is 2. The summed E-state index contributed by atoms with van der Waals surface area (Å²) in [7, 11) is 0. The molecule has 14 heavy (non-hydrogen) atoms. The van der Waals surface area contributed by atoms with Gasteiger partial charge < -0.3 is 0 Å². The van der Waals surface area contributed by atoms with Crippen LogP contribution < -0.4 is 11.3 Å². The first-order valence-corrected chi connectivity index (χ1v) is 4.98. The van der Waals surface area contributed by atoms with Crippen molar-refractivity contribution in [1.29, 1.82) is 0 Å². The van der Waals surface area contributed by atoms with E-state index in [0.717, 1.165) is 12.2 Å². The average molecular weight is 196 g/mol. The Hall–Kier alpha value is -0.870. The van der Waals surface area contributed by atoms with Crippen LogP contribution in [0.2, 0.25) is 0 Å². The number of nitrogens with zero attached hydrogens (tertiary/aromatic N) is 2. The molecule has 1 aromatic rings. The van der Waals surface area contributed by atoms with Crippen LogP contribution in [0.25, 0.3) is 0 Å². The highest BCUT2D eigenvalue weighted by molar-refractivity contribution is 5.09. The molecule has 0 aliphatic rings. The third kappa shape index (κ3) is 2.13. The average Bonchev–Trinajstić information content (AvgIpc) is 2.51. The zero-order chi connectivity index (χ0) is 10.8. The molecule has 4 heteroatoms. The number of aryl methyl sites for hydroxylation is 1. The number of hydrogen-bond donors (Lipinski definition) is 2. The van der Waals surface area contributed by atoms with Crippen molar-refractivity contribution in [2.24, 2.45) is 11.3 Å². The van der Waals surface area contributed by atoms with Gasteiger partial charge >= 0.3 is 0 Å². The van der Waals surface area contributed by atoms with Gasteiger partial charge in [0, 0.05) is 12.7 Å². The van der Waals surface area contributed by atoms with Gasteiger partial charge in [-0.1, -0.05) is 20.8 Å². The fourth-order valence-electron chi connectivity index (χ4n) is 1.63. The van der Waals surface area contributed by atoms with Gasteiger partial charge in [-0.15, -0.1) is 0 Å². The van der Waals surface area contributed by atoms with Crippen molar-refractivity contribution in [1.82, 2.24) is 15.2 Å². The zero-order valence-corrected chi connectivity index (χ0v) is 9.41. The number of rotatable bonds is 3. The van der Waals surface area contributed by atoms with Crippen LogP contribution in [0.4, 0.5) is 0 Å². The van der Waals surface area contributed by atoms with Crippen LogP contribution in [0.3, 0.4) is 0 Å². The Morgan fingerprint density at radius 3 is 2.64 bits per heavy atom. The van der Waals surface area contributed by atoms with Crippen LogP contribution in [0, 0.1) is 5.41 Å². The normalized spacial score (nSPS) is 14.4. The summed E-state index contributed by atoms with van der Waals surface area (Å²) >= 11 is 0. The third-order valence-corrected chi connectivity index (χ3v) is 2.38. The maximum absolute atomic E-state index is 5.58. The second kappa shape index (κ2) is 4.11. The molecule has 0 bridgehead atoms. The minimum Gasteiger partial charge on any atom is -0.271 e. The smallest absolute Gasteiger partial charge is 0.0677 e. The standard InChI is InChI=1S/C10H20N4/c1-5-14-8(6-7-12-14)9(13-11)10(2,3)4/h6-7,9,13H,5,11H2,1-4H3. The van der Waals surface area contributed by atoms with Gasteiger partial charge in [0.1, 0.15) is 0 Å². The third-order valence-electron chi connectivity index (χ3n) is 2.38. The molecule has 0 aromatic carbocycles. The highest BCUT2D eigenvalue weighted by Crippen LogP contribution is 2.31. The SMILES string of the molecule is CCn1nccc1C(NN)C(C)(C)C. The topological polar surface area (TPSA) is 55.9 Å². The molecule has 1 rings (SSSR count). The molecular formula is C10H20N4. The predicted octanol–water partition coefficient (Wildman–Crippen LogP) is 1.45. The Bertz CT molecular complexity index is 285. The highest BCUT2D eigenvalue weighted by atomic mass is 15.3. The second-order valence-electron chi connectivity index (χ2n) is 4.54. The van der Waals surface area contributed by atoms with Crippen molar-refractivity contribution < 1.29 is 0 Å². The van der Waals surface area contributed by atoms with E-state index in [9.17, 15) is 0 Å². The Balaban J connectivity index is 3.01. The van der Waals surface area contributed by atoms with E-state index in [1.54, 1.807) is 0 Å². The fraction of sp³-hybridized carbons (Fsp3) is 0.700. The number of hydrogen-bond acceptors (Lipinski definition) is 3. The predicted molar refractivity (Wildman–Crippen MR) is 57.4 cm³/mol. The lowest BCUT2D eigenvalue weighted by atomic mass is 9.85. The summed E-state index contributed by atoms with van der Waals surface area (Å²) in [5.41, 5.74) is 4.08. The van der Waals surface area contributed by atoms with E-state index >= 15 is 0 Å². The summed E-state index contributed by atoms with van der Waals surface area (Å²) in [4.78, 5) is 0. The van der Waals surface area contributed by atoms with Crippen molar-refractivity contribution in [2.75, 3.05) is 0 Å². The van der Waals surface area contributed by atoms with Gasteiger partial charge in [0.15, 0.2) is 0 Å². The van der Waals surface area contributed by atoms with E-state index in [1.807, 2.05) is 16.9 Å². The summed E-state index contributed by atoms with van der Waals surface area (Å²) in [5.74, 6) is 5.58. The van der Waals surface area contributed by atoms with Gasteiger partial charge in [-0.05, 0) is 18.4 Å². The van der Waals surface area contributed by atoms with E-state index in [2.05, 4.69) is 38.2 Å². The van der Waals surface area contributed by atoms with E-state index in [-0.39, 0.29) is 11.5 Å². The molecule has 0 aliphatic heterocycles. The molecule has 0 saturated heterocycles. The van der Waals surface area contributed by atoms with Gasteiger partial charge in [-0.3, -0.25) is 16.0 Å². The van der Waals surface area contributed by atoms with Crippen molar-refractivity contribution in [2.45, 2.75) is 40.3 Å². The lowest BCUT2D eigenvalue weighted by Crippen LogP contribution is -2.38. The summed E-state index contributed by atoms with van der Waals surface area (Å²) in [6.07, 6.45) is 1.81. The molecule has 80 valence electrons. The highest BCUT2D eigenvalue weighted by Gasteiger charge is 2.27. The van der Waals surface area contributed by atoms with Crippen molar-refractivity contribution in [3.05, 3.63) is 18.0 Å². The lowest BCUT2D eigenvalue weighted by Gasteiger charge is -2.30. The molecule has 3 N–H and O–H groups in total. The maximum Gasteiger partial charge on any atom is 0.0677 e. The number of hydrazine groups is 1. The minimum absolute atomic E-state index is 0.0850. The van der Waals surface area contributed by atoms with Gasteiger partial charge in [-0.2, -0.15) is 5.10 Å². The molecule has 0 radical (unpaired) electrons. The molecule has 0 spiro atoms. The van der Waals surface area contributed by atoms with Gasteiger partial charge in [0.25, 0.3) is 0 Å². The molecule has 0 saturated carbocycles. The zero-order valence-electron chi connectivity index (χ0n) is 9.41. The summed E-state index contributed by atoms with van der Waals surface area (Å²) in [6, 6.07) is 2.14. The van der Waals surface area contributed by atoms with Crippen LogP contribution in [0.15, 0.2) is 12.3 Å². The first kappa shape index (κ1) is 11.2. The quantitative estimate of drug-likeness (QED) is 0.568. The molecule has 1 unspecified atom stereocenters. The number of nitrogens with one attached hydrogen (secondary N) is 1. The van der Waals surface area contributed by atoms with Gasteiger partial charge in [0.05, 0.1) is 11.7 Å². The Kier molecular flexibility index (Phi) is 3.29. The van der Waals surface area contributed by atoms with Gasteiger partial charge in [0.2, 0.25) is 0 Å². The van der Waals surface area contributed by atoms with Crippen LogP contribution in [0.5, 0.6) is 0 Å². The molecule has 1 aromatic heterocycles. The molecule has 0 amide bonds. The Morgan fingerprint density at radius 2 is 2.21 bits per heavy atom. The van der Waals surface area contributed by atoms with Gasteiger partial charge in [-0.25, -0.2) is 0 Å². The van der Waals surface area contributed by atoms with E-state index in [1.165, 1.54) is 0 Å². The number of nitrogens with two attached hydrogens (primary N) is 1. The minimum atomic E-state index is 0.0850. The summed E-state index contributed by atoms with van der Waals surface area (Å²) < 4.78 is 1.97. The molecule has 4 nitrogen and oxygen atoms in total. The van der Waals surface area contributed by atoms with Crippen LogP contribution >= 0.6 is 0 Å². The molecule has 0 aliphatic carbocycles. The van der Waals surface area contributed by atoms with Crippen LogP contribution in [0.1, 0.15) is 39.4 Å². The monoisotopic (exact) mass is 196 g/mol.